The smallest absolute Gasteiger partial charge is 0.243 e. The number of benzene rings is 2. The lowest BCUT2D eigenvalue weighted by Crippen LogP contribution is -2.54. The molecule has 0 bridgehead atoms. The maximum absolute atomic E-state index is 13.1. The maximum atomic E-state index is 13.1. The molecule has 0 saturated carbocycles. The molecule has 9 heteroatoms. The van der Waals surface area contributed by atoms with E-state index in [-0.39, 0.29) is 12.8 Å². The van der Waals surface area contributed by atoms with Crippen LogP contribution in [0.3, 0.4) is 0 Å². The molecule has 0 aliphatic rings. The molecule has 0 aliphatic carbocycles. The van der Waals surface area contributed by atoms with Crippen LogP contribution in [0, 0.1) is 5.82 Å². The number of hydrogen-bond acceptors (Lipinski definition) is 3. The molecule has 2 atom stereocenters. The van der Waals surface area contributed by atoms with Crippen LogP contribution < -0.4 is 16.4 Å². The summed E-state index contributed by atoms with van der Waals surface area (Å²) < 4.78 is 13.8. The van der Waals surface area contributed by atoms with E-state index >= 15 is 0 Å². The van der Waals surface area contributed by atoms with Gasteiger partial charge in [0.1, 0.15) is 17.9 Å². The third-order valence-corrected chi connectivity index (χ3v) is 5.15. The number of rotatable bonds is 8. The second-order valence-corrected chi connectivity index (χ2v) is 7.78. The van der Waals surface area contributed by atoms with Crippen LogP contribution in [0.2, 0.25) is 5.02 Å². The van der Waals surface area contributed by atoms with Crippen LogP contribution in [0.1, 0.15) is 18.1 Å². The van der Waals surface area contributed by atoms with Crippen molar-refractivity contribution >= 4 is 45.3 Å². The van der Waals surface area contributed by atoms with E-state index in [0.29, 0.717) is 20.6 Å². The van der Waals surface area contributed by atoms with E-state index in [2.05, 4.69) is 26.6 Å². The lowest BCUT2D eigenvalue weighted by Gasteiger charge is -2.22. The van der Waals surface area contributed by atoms with Gasteiger partial charge >= 0.3 is 0 Å². The number of nitrogens with one attached hydrogen (secondary N) is 2. The summed E-state index contributed by atoms with van der Waals surface area (Å²) in [5, 5.41) is 5.60. The molecule has 29 heavy (non-hydrogen) atoms. The molecule has 4 N–H and O–H groups in total. The predicted molar refractivity (Wildman–Crippen MR) is 112 cm³/mol. The highest BCUT2D eigenvalue weighted by Gasteiger charge is 2.26. The van der Waals surface area contributed by atoms with E-state index in [4.69, 9.17) is 17.3 Å². The molecule has 0 aliphatic heterocycles. The molecule has 2 aromatic rings. The minimum Gasteiger partial charge on any atom is -0.368 e. The summed E-state index contributed by atoms with van der Waals surface area (Å²) in [7, 11) is 0. The van der Waals surface area contributed by atoms with Crippen LogP contribution in [-0.4, -0.2) is 29.8 Å². The van der Waals surface area contributed by atoms with Gasteiger partial charge in [-0.1, -0.05) is 39.7 Å². The Morgan fingerprint density at radius 3 is 2.31 bits per heavy atom. The Hall–Kier alpha value is -2.45. The molecule has 0 radical (unpaired) electrons. The zero-order valence-corrected chi connectivity index (χ0v) is 17.9. The lowest BCUT2D eigenvalue weighted by atomic mass is 10.0. The Kier molecular flexibility index (Phi) is 8.16. The summed E-state index contributed by atoms with van der Waals surface area (Å²) in [5.74, 6) is -2.13. The highest BCUT2D eigenvalue weighted by atomic mass is 79.9. The van der Waals surface area contributed by atoms with Crippen LogP contribution in [0.25, 0.3) is 0 Å². The van der Waals surface area contributed by atoms with Crippen LogP contribution in [0.4, 0.5) is 4.39 Å². The van der Waals surface area contributed by atoms with Crippen LogP contribution >= 0.6 is 27.5 Å². The molecule has 0 heterocycles. The van der Waals surface area contributed by atoms with Gasteiger partial charge in [-0.15, -0.1) is 0 Å². The molecule has 2 rings (SSSR count). The van der Waals surface area contributed by atoms with Crippen LogP contribution in [0.5, 0.6) is 0 Å². The van der Waals surface area contributed by atoms with Crippen molar-refractivity contribution in [3.63, 3.8) is 0 Å². The van der Waals surface area contributed by atoms with Crippen molar-refractivity contribution in [3.8, 4) is 0 Å². The van der Waals surface area contributed by atoms with Gasteiger partial charge in [0.15, 0.2) is 0 Å². The van der Waals surface area contributed by atoms with Gasteiger partial charge in [0.2, 0.25) is 17.7 Å². The summed E-state index contributed by atoms with van der Waals surface area (Å²) in [4.78, 5) is 36.2. The van der Waals surface area contributed by atoms with Crippen molar-refractivity contribution in [2.24, 2.45) is 5.73 Å². The Balaban J connectivity index is 2.16. The van der Waals surface area contributed by atoms with Gasteiger partial charge in [-0.3, -0.25) is 14.4 Å². The molecule has 6 nitrogen and oxygen atoms in total. The van der Waals surface area contributed by atoms with Gasteiger partial charge in [0.05, 0.1) is 0 Å². The van der Waals surface area contributed by atoms with Gasteiger partial charge < -0.3 is 16.4 Å². The first kappa shape index (κ1) is 22.8. The summed E-state index contributed by atoms with van der Waals surface area (Å²) >= 11 is 9.37. The van der Waals surface area contributed by atoms with E-state index in [1.807, 2.05) is 0 Å². The normalized spacial score (nSPS) is 12.7. The molecule has 0 saturated heterocycles. The Bertz CT molecular complexity index is 908. The maximum Gasteiger partial charge on any atom is 0.243 e. The average Bonchev–Trinajstić information content (AvgIpc) is 2.64. The number of amides is 3. The summed E-state index contributed by atoms with van der Waals surface area (Å²) in [6.45, 7) is 1.28. The van der Waals surface area contributed by atoms with Crippen molar-refractivity contribution in [3.05, 3.63) is 68.9 Å². The van der Waals surface area contributed by atoms with Gasteiger partial charge in [0, 0.05) is 29.3 Å². The molecule has 3 amide bonds. The standard InChI is InChI=1S/C20H20BrClFN3O3/c1-11(27)25-18(8-12-2-5-15(23)6-3-12)20(29)26-17(19(24)28)10-13-9-14(22)4-7-16(13)21/h2-7,9,17-18H,8,10H2,1H3,(H2,24,28)(H,25,27)(H,26,29)/t17-,18-/m0/s1. The fourth-order valence-electron chi connectivity index (χ4n) is 2.73. The fourth-order valence-corrected chi connectivity index (χ4v) is 3.33. The molecule has 0 spiro atoms. The zero-order valence-electron chi connectivity index (χ0n) is 15.5. The fraction of sp³-hybridized carbons (Fsp3) is 0.250. The van der Waals surface area contributed by atoms with Crippen molar-refractivity contribution in [2.45, 2.75) is 31.8 Å². The van der Waals surface area contributed by atoms with Gasteiger partial charge in [-0.2, -0.15) is 0 Å². The van der Waals surface area contributed by atoms with E-state index in [9.17, 15) is 18.8 Å². The molecule has 0 fully saturated rings. The number of hydrogen-bond donors (Lipinski definition) is 3. The molecular weight excluding hydrogens is 465 g/mol. The van der Waals surface area contributed by atoms with Crippen molar-refractivity contribution in [1.29, 1.82) is 0 Å². The first-order valence-corrected chi connectivity index (χ1v) is 9.88. The Morgan fingerprint density at radius 2 is 1.72 bits per heavy atom. The zero-order chi connectivity index (χ0) is 21.6. The summed E-state index contributed by atoms with van der Waals surface area (Å²) in [6.07, 6.45) is 0.240. The molecular formula is C20H20BrClFN3O3. The number of carbonyl (C=O) groups is 3. The van der Waals surface area contributed by atoms with E-state index in [1.54, 1.807) is 18.2 Å². The van der Waals surface area contributed by atoms with E-state index < -0.39 is 35.6 Å². The lowest BCUT2D eigenvalue weighted by molar-refractivity contribution is -0.130. The highest BCUT2D eigenvalue weighted by Crippen LogP contribution is 2.22. The second kappa shape index (κ2) is 10.4. The number of halogens is 3. The van der Waals surface area contributed by atoms with Gasteiger partial charge in [-0.05, 0) is 41.5 Å². The van der Waals surface area contributed by atoms with Gasteiger partial charge in [-0.25, -0.2) is 4.39 Å². The minimum atomic E-state index is -1.01. The molecule has 154 valence electrons. The van der Waals surface area contributed by atoms with Crippen LogP contribution in [0.15, 0.2) is 46.9 Å². The number of primary amides is 1. The van der Waals surface area contributed by atoms with E-state index in [1.165, 1.54) is 31.2 Å². The quantitative estimate of drug-likeness (QED) is 0.536. The Labute approximate surface area is 181 Å². The second-order valence-electron chi connectivity index (χ2n) is 6.49. The topological polar surface area (TPSA) is 101 Å². The molecule has 0 unspecified atom stereocenters. The van der Waals surface area contributed by atoms with E-state index in [0.717, 1.165) is 0 Å². The number of nitrogens with two attached hydrogens (primary N) is 1. The summed E-state index contributed by atoms with van der Waals surface area (Å²) in [5.41, 5.74) is 6.80. The molecule has 2 aromatic carbocycles. The SMILES string of the molecule is CC(=O)N[C@@H](Cc1ccc(F)cc1)C(=O)N[C@@H](Cc1cc(Cl)ccc1Br)C(N)=O. The van der Waals surface area contributed by atoms with Crippen molar-refractivity contribution in [2.75, 3.05) is 0 Å². The molecule has 0 aromatic heterocycles. The first-order valence-electron chi connectivity index (χ1n) is 8.71. The largest absolute Gasteiger partial charge is 0.368 e. The van der Waals surface area contributed by atoms with Crippen molar-refractivity contribution < 1.29 is 18.8 Å². The average molecular weight is 485 g/mol. The predicted octanol–water partition coefficient (Wildman–Crippen LogP) is 2.50. The first-order chi connectivity index (χ1) is 13.7. The third-order valence-electron chi connectivity index (χ3n) is 4.14. The monoisotopic (exact) mass is 483 g/mol. The van der Waals surface area contributed by atoms with Gasteiger partial charge in [0.25, 0.3) is 0 Å². The Morgan fingerprint density at radius 1 is 1.07 bits per heavy atom. The number of carbonyl (C=O) groups excluding carboxylic acids is 3. The minimum absolute atomic E-state index is 0.117. The third kappa shape index (κ3) is 7.14. The van der Waals surface area contributed by atoms with Crippen LogP contribution in [-0.2, 0) is 27.2 Å². The highest BCUT2D eigenvalue weighted by molar-refractivity contribution is 9.10. The summed E-state index contributed by atoms with van der Waals surface area (Å²) in [6, 6.07) is 8.68. The van der Waals surface area contributed by atoms with Crippen molar-refractivity contribution in [1.82, 2.24) is 10.6 Å².